The maximum absolute atomic E-state index is 12.9. The van der Waals surface area contributed by atoms with E-state index >= 15 is 0 Å². The predicted molar refractivity (Wildman–Crippen MR) is 92.7 cm³/mol. The van der Waals surface area contributed by atoms with Crippen LogP contribution in [0.2, 0.25) is 0 Å². The van der Waals surface area contributed by atoms with Crippen molar-refractivity contribution < 1.29 is 19.0 Å². The van der Waals surface area contributed by atoms with Gasteiger partial charge in [0, 0.05) is 11.8 Å². The molecule has 0 radical (unpaired) electrons. The molecule has 0 aliphatic carbocycles. The van der Waals surface area contributed by atoms with Gasteiger partial charge < -0.3 is 14.8 Å². The first-order chi connectivity index (χ1) is 13.0. The van der Waals surface area contributed by atoms with Crippen LogP contribution in [-0.2, 0) is 6.61 Å². The van der Waals surface area contributed by atoms with Crippen molar-refractivity contribution in [2.75, 3.05) is 0 Å². The summed E-state index contributed by atoms with van der Waals surface area (Å²) in [6.07, 6.45) is 0.960. The van der Waals surface area contributed by atoms with Crippen LogP contribution < -0.4 is 10.3 Å². The summed E-state index contributed by atoms with van der Waals surface area (Å²) in [5.41, 5.74) is 0.107. The molecule has 2 N–H and O–H groups in total. The number of nitriles is 1. The minimum atomic E-state index is -1.38. The van der Waals surface area contributed by atoms with E-state index in [2.05, 4.69) is 9.97 Å². The number of aromatic carboxylic acids is 1. The Labute approximate surface area is 152 Å². The Morgan fingerprint density at radius 3 is 2.63 bits per heavy atom. The molecule has 0 bridgehead atoms. The first kappa shape index (κ1) is 17.8. The predicted octanol–water partition coefficient (Wildman–Crippen LogP) is 2.72. The first-order valence-corrected chi connectivity index (χ1v) is 7.72. The quantitative estimate of drug-likeness (QED) is 0.718. The van der Waals surface area contributed by atoms with Crippen LogP contribution in [0.3, 0.4) is 0 Å². The van der Waals surface area contributed by atoms with Crippen molar-refractivity contribution in [3.63, 3.8) is 0 Å². The maximum Gasteiger partial charge on any atom is 0.342 e. The lowest BCUT2D eigenvalue weighted by Gasteiger charge is -2.09. The maximum atomic E-state index is 12.9. The number of carboxylic acid groups (broad SMARTS) is 1. The van der Waals surface area contributed by atoms with Gasteiger partial charge in [-0.2, -0.15) is 5.26 Å². The lowest BCUT2D eigenvalue weighted by Crippen LogP contribution is -2.18. The van der Waals surface area contributed by atoms with Crippen LogP contribution in [0.4, 0.5) is 4.39 Å². The van der Waals surface area contributed by atoms with Gasteiger partial charge in [0.1, 0.15) is 35.6 Å². The second-order valence-electron chi connectivity index (χ2n) is 5.52. The number of nitrogens with one attached hydrogen (secondary N) is 1. The van der Waals surface area contributed by atoms with Crippen LogP contribution in [0.25, 0.3) is 11.4 Å². The SMILES string of the molecule is N#Cc1cc(-c2ncc(C(=O)O)c(=O)[nH]2)ccc1OCc1ccc(F)cc1. The summed E-state index contributed by atoms with van der Waals surface area (Å²) in [7, 11) is 0. The fourth-order valence-electron chi connectivity index (χ4n) is 2.33. The number of nitrogens with zero attached hydrogens (tertiary/aromatic N) is 2. The summed E-state index contributed by atoms with van der Waals surface area (Å²) in [4.78, 5) is 28.9. The molecule has 3 rings (SSSR count). The summed E-state index contributed by atoms with van der Waals surface area (Å²) < 4.78 is 18.5. The number of ether oxygens (including phenoxy) is 1. The van der Waals surface area contributed by atoms with Gasteiger partial charge >= 0.3 is 5.97 Å². The molecule has 0 saturated carbocycles. The minimum Gasteiger partial charge on any atom is -0.488 e. The Balaban J connectivity index is 1.85. The van der Waals surface area contributed by atoms with Gasteiger partial charge in [-0.25, -0.2) is 14.2 Å². The Hall–Kier alpha value is -3.99. The fourth-order valence-corrected chi connectivity index (χ4v) is 2.33. The van der Waals surface area contributed by atoms with Crippen molar-refractivity contribution in [2.45, 2.75) is 6.61 Å². The van der Waals surface area contributed by atoms with Gasteiger partial charge in [-0.3, -0.25) is 4.79 Å². The molecule has 0 fully saturated rings. The monoisotopic (exact) mass is 365 g/mol. The topological polar surface area (TPSA) is 116 Å². The van der Waals surface area contributed by atoms with Crippen LogP contribution in [0.1, 0.15) is 21.5 Å². The Bertz CT molecular complexity index is 1100. The van der Waals surface area contributed by atoms with Crippen molar-refractivity contribution in [3.8, 4) is 23.2 Å². The van der Waals surface area contributed by atoms with Gasteiger partial charge in [0.2, 0.25) is 0 Å². The van der Waals surface area contributed by atoms with E-state index in [0.717, 1.165) is 11.8 Å². The zero-order chi connectivity index (χ0) is 19.4. The number of benzene rings is 2. The number of halogens is 1. The average molecular weight is 365 g/mol. The Kier molecular flexibility index (Phi) is 4.95. The number of aromatic nitrogens is 2. The second-order valence-corrected chi connectivity index (χ2v) is 5.52. The number of rotatable bonds is 5. The fraction of sp³-hybridized carbons (Fsp3) is 0.0526. The number of hydrogen-bond donors (Lipinski definition) is 2. The van der Waals surface area contributed by atoms with Crippen LogP contribution in [0.15, 0.2) is 53.5 Å². The first-order valence-electron chi connectivity index (χ1n) is 7.72. The number of carboxylic acids is 1. The molecule has 0 aliphatic rings. The highest BCUT2D eigenvalue weighted by molar-refractivity contribution is 5.86. The molecule has 0 amide bonds. The molecule has 3 aromatic rings. The third-order valence-corrected chi connectivity index (χ3v) is 3.71. The highest BCUT2D eigenvalue weighted by Crippen LogP contribution is 2.24. The van der Waals surface area contributed by atoms with Gasteiger partial charge in [0.25, 0.3) is 5.56 Å². The van der Waals surface area contributed by atoms with Gasteiger partial charge in [-0.15, -0.1) is 0 Å². The van der Waals surface area contributed by atoms with Gasteiger partial charge in [0.15, 0.2) is 0 Å². The summed E-state index contributed by atoms with van der Waals surface area (Å²) in [6, 6.07) is 12.4. The normalized spacial score (nSPS) is 10.2. The molecular weight excluding hydrogens is 353 g/mol. The van der Waals surface area contributed by atoms with E-state index in [9.17, 15) is 19.2 Å². The van der Waals surface area contributed by atoms with Crippen molar-refractivity contribution >= 4 is 5.97 Å². The van der Waals surface area contributed by atoms with Crippen LogP contribution >= 0.6 is 0 Å². The van der Waals surface area contributed by atoms with Crippen LogP contribution in [0, 0.1) is 17.1 Å². The average Bonchev–Trinajstić information content (AvgIpc) is 2.67. The zero-order valence-corrected chi connectivity index (χ0v) is 13.8. The highest BCUT2D eigenvalue weighted by Gasteiger charge is 2.12. The largest absolute Gasteiger partial charge is 0.488 e. The molecule has 0 unspecified atom stereocenters. The molecule has 1 heterocycles. The third kappa shape index (κ3) is 3.99. The molecular formula is C19H12FN3O4. The summed E-state index contributed by atoms with van der Waals surface area (Å²) in [5, 5.41) is 18.2. The molecule has 0 spiro atoms. The van der Waals surface area contributed by atoms with E-state index < -0.39 is 17.1 Å². The number of H-pyrrole nitrogens is 1. The molecule has 2 aromatic carbocycles. The zero-order valence-electron chi connectivity index (χ0n) is 13.8. The molecule has 1 aromatic heterocycles. The highest BCUT2D eigenvalue weighted by atomic mass is 19.1. The number of aromatic amines is 1. The van der Waals surface area contributed by atoms with Crippen molar-refractivity contribution in [2.24, 2.45) is 0 Å². The Morgan fingerprint density at radius 1 is 1.26 bits per heavy atom. The van der Waals surface area contributed by atoms with Gasteiger partial charge in [-0.05, 0) is 35.9 Å². The molecule has 7 nitrogen and oxygen atoms in total. The second kappa shape index (κ2) is 7.49. The molecule has 8 heteroatoms. The van der Waals surface area contributed by atoms with Crippen molar-refractivity contribution in [1.29, 1.82) is 5.26 Å². The lowest BCUT2D eigenvalue weighted by atomic mass is 10.1. The van der Waals surface area contributed by atoms with E-state index in [4.69, 9.17) is 9.84 Å². The molecule has 134 valence electrons. The van der Waals surface area contributed by atoms with Crippen molar-refractivity contribution in [1.82, 2.24) is 9.97 Å². The van der Waals surface area contributed by atoms with E-state index in [1.165, 1.54) is 18.2 Å². The van der Waals surface area contributed by atoms with E-state index in [0.29, 0.717) is 11.3 Å². The Morgan fingerprint density at radius 2 is 2.00 bits per heavy atom. The minimum absolute atomic E-state index is 0.131. The van der Waals surface area contributed by atoms with Crippen LogP contribution in [-0.4, -0.2) is 21.0 Å². The van der Waals surface area contributed by atoms with E-state index in [1.54, 1.807) is 24.3 Å². The molecule has 27 heavy (non-hydrogen) atoms. The summed E-state index contributed by atoms with van der Waals surface area (Å²) in [6.45, 7) is 0.150. The third-order valence-electron chi connectivity index (χ3n) is 3.71. The van der Waals surface area contributed by atoms with Gasteiger partial charge in [0.05, 0.1) is 5.56 Å². The summed E-state index contributed by atoms with van der Waals surface area (Å²) in [5.74, 6) is -1.28. The smallest absolute Gasteiger partial charge is 0.342 e. The van der Waals surface area contributed by atoms with E-state index in [-0.39, 0.29) is 23.8 Å². The number of carbonyl (C=O) groups is 1. The molecule has 0 atom stereocenters. The van der Waals surface area contributed by atoms with E-state index in [1.807, 2.05) is 6.07 Å². The van der Waals surface area contributed by atoms with Crippen LogP contribution in [0.5, 0.6) is 5.75 Å². The van der Waals surface area contributed by atoms with Crippen molar-refractivity contribution in [3.05, 3.63) is 81.5 Å². The standard InChI is InChI=1S/C19H12FN3O4/c20-14-4-1-11(2-5-14)10-27-16-6-3-12(7-13(16)8-21)17-22-9-15(19(25)26)18(24)23-17/h1-7,9H,10H2,(H,25,26)(H,22,23,24). The lowest BCUT2D eigenvalue weighted by molar-refractivity contribution is 0.0694. The molecule has 0 saturated heterocycles. The van der Waals surface area contributed by atoms with Gasteiger partial charge in [-0.1, -0.05) is 12.1 Å². The number of hydrogen-bond acceptors (Lipinski definition) is 5. The summed E-state index contributed by atoms with van der Waals surface area (Å²) >= 11 is 0. The molecule has 0 aliphatic heterocycles.